The molecule has 31 heavy (non-hydrogen) atoms. The van der Waals surface area contributed by atoms with E-state index < -0.39 is 0 Å². The number of hydrogen-bond donors (Lipinski definition) is 0. The van der Waals surface area contributed by atoms with Gasteiger partial charge in [0.15, 0.2) is 11.4 Å². The van der Waals surface area contributed by atoms with Crippen LogP contribution in [-0.4, -0.2) is 17.4 Å². The minimum Gasteiger partial charge on any atom is -0.494 e. The van der Waals surface area contributed by atoms with E-state index in [1.807, 2.05) is 48.5 Å². The van der Waals surface area contributed by atoms with E-state index in [9.17, 15) is 4.79 Å². The molecule has 3 aromatic carbocycles. The van der Waals surface area contributed by atoms with Gasteiger partial charge in [-0.2, -0.15) is 0 Å². The summed E-state index contributed by atoms with van der Waals surface area (Å²) in [6.07, 6.45) is 3.81. The number of hydrogen-bond acceptors (Lipinski definition) is 4. The molecule has 0 unspecified atom stereocenters. The second-order valence-electron chi connectivity index (χ2n) is 7.16. The van der Waals surface area contributed by atoms with E-state index in [-0.39, 0.29) is 11.7 Å². The summed E-state index contributed by atoms with van der Waals surface area (Å²) in [6.45, 7) is 2.78. The predicted molar refractivity (Wildman–Crippen MR) is 125 cm³/mol. The third-order valence-electron chi connectivity index (χ3n) is 4.81. The summed E-state index contributed by atoms with van der Waals surface area (Å²) in [5.41, 5.74) is 3.00. The summed E-state index contributed by atoms with van der Waals surface area (Å²) in [4.78, 5) is 18.0. The fraction of sp³-hybridized carbons (Fsp3) is 0.154. The third kappa shape index (κ3) is 5.04. The molecule has 0 atom stereocenters. The molecule has 0 spiro atoms. The number of carbonyl (C=O) groups excluding carboxylic acids is 1. The van der Waals surface area contributed by atoms with Crippen molar-refractivity contribution in [1.82, 2.24) is 4.98 Å². The standard InChI is InChI=1S/C26H22ClNO3/c1-2-3-15-30-21-13-11-19(12-14-21)25(29)22(17-18-7-6-8-20(27)16-18)26-28-23-9-4-5-10-24(23)31-26/h4-14,16-17H,2-3,15H2,1H3/b22-17-. The van der Waals surface area contributed by atoms with Crippen molar-refractivity contribution in [1.29, 1.82) is 0 Å². The number of allylic oxidation sites excluding steroid dienone is 1. The van der Waals surface area contributed by atoms with E-state index in [0.29, 0.717) is 33.9 Å². The van der Waals surface area contributed by atoms with Crippen molar-refractivity contribution in [3.8, 4) is 5.75 Å². The molecule has 0 aliphatic rings. The zero-order valence-electron chi connectivity index (χ0n) is 17.2. The van der Waals surface area contributed by atoms with Crippen LogP contribution in [0.4, 0.5) is 0 Å². The molecular weight excluding hydrogens is 410 g/mol. The monoisotopic (exact) mass is 431 g/mol. The van der Waals surface area contributed by atoms with E-state index in [4.69, 9.17) is 20.8 Å². The van der Waals surface area contributed by atoms with Crippen molar-refractivity contribution in [2.24, 2.45) is 0 Å². The average Bonchev–Trinajstić information content (AvgIpc) is 3.22. The molecule has 0 radical (unpaired) electrons. The lowest BCUT2D eigenvalue weighted by molar-refractivity contribution is 0.105. The van der Waals surface area contributed by atoms with Gasteiger partial charge in [-0.15, -0.1) is 0 Å². The molecule has 4 nitrogen and oxygen atoms in total. The maximum absolute atomic E-state index is 13.4. The fourth-order valence-electron chi connectivity index (χ4n) is 3.17. The third-order valence-corrected chi connectivity index (χ3v) is 5.05. The summed E-state index contributed by atoms with van der Waals surface area (Å²) in [7, 11) is 0. The molecule has 0 N–H and O–H groups in total. The Morgan fingerprint density at radius 1 is 1.06 bits per heavy atom. The van der Waals surface area contributed by atoms with Gasteiger partial charge in [0.2, 0.25) is 5.89 Å². The second kappa shape index (κ2) is 9.63. The number of rotatable bonds is 8. The molecule has 0 saturated heterocycles. The Kier molecular flexibility index (Phi) is 6.48. The van der Waals surface area contributed by atoms with E-state index in [2.05, 4.69) is 11.9 Å². The number of nitrogens with zero attached hydrogens (tertiary/aromatic N) is 1. The number of carbonyl (C=O) groups is 1. The van der Waals surface area contributed by atoms with E-state index >= 15 is 0 Å². The van der Waals surface area contributed by atoms with Gasteiger partial charge in [-0.05, 0) is 66.6 Å². The van der Waals surface area contributed by atoms with Gasteiger partial charge in [0.25, 0.3) is 0 Å². The highest BCUT2D eigenvalue weighted by Crippen LogP contribution is 2.27. The maximum Gasteiger partial charge on any atom is 0.231 e. The van der Waals surface area contributed by atoms with Crippen molar-refractivity contribution < 1.29 is 13.9 Å². The molecule has 0 aliphatic carbocycles. The smallest absolute Gasteiger partial charge is 0.231 e. The van der Waals surface area contributed by atoms with Crippen molar-refractivity contribution >= 4 is 40.1 Å². The van der Waals surface area contributed by atoms with E-state index in [1.54, 1.807) is 30.3 Å². The normalized spacial score (nSPS) is 11.6. The van der Waals surface area contributed by atoms with Gasteiger partial charge in [-0.3, -0.25) is 4.79 Å². The second-order valence-corrected chi connectivity index (χ2v) is 7.59. The topological polar surface area (TPSA) is 52.3 Å². The molecule has 1 aromatic heterocycles. The SMILES string of the molecule is CCCCOc1ccc(C(=O)/C(=C/c2cccc(Cl)c2)c2nc3ccccc3o2)cc1. The van der Waals surface area contributed by atoms with Crippen molar-refractivity contribution in [3.63, 3.8) is 0 Å². The number of benzene rings is 3. The first kappa shape index (κ1) is 20.9. The summed E-state index contributed by atoms with van der Waals surface area (Å²) in [5.74, 6) is 0.827. The number of Topliss-reactive ketones (excluding diaryl/α,β-unsaturated/α-hetero) is 1. The number of unbranched alkanes of at least 4 members (excludes halogenated alkanes) is 1. The van der Waals surface area contributed by atoms with Gasteiger partial charge >= 0.3 is 0 Å². The quantitative estimate of drug-likeness (QED) is 0.170. The lowest BCUT2D eigenvalue weighted by Gasteiger charge is -2.07. The lowest BCUT2D eigenvalue weighted by atomic mass is 10.0. The summed E-state index contributed by atoms with van der Waals surface area (Å²) in [6, 6.07) is 21.9. The van der Waals surface area contributed by atoms with Crippen LogP contribution in [0, 0.1) is 0 Å². The molecule has 156 valence electrons. The zero-order valence-corrected chi connectivity index (χ0v) is 17.9. The molecule has 1 heterocycles. The minimum atomic E-state index is -0.188. The maximum atomic E-state index is 13.4. The highest BCUT2D eigenvalue weighted by molar-refractivity contribution is 6.32. The first-order valence-corrected chi connectivity index (χ1v) is 10.6. The van der Waals surface area contributed by atoms with Gasteiger partial charge in [0, 0.05) is 10.6 Å². The van der Waals surface area contributed by atoms with Crippen LogP contribution in [0.5, 0.6) is 5.75 Å². The number of fused-ring (bicyclic) bond motifs is 1. The van der Waals surface area contributed by atoms with Crippen LogP contribution in [0.1, 0.15) is 41.6 Å². The highest BCUT2D eigenvalue weighted by atomic mass is 35.5. The zero-order chi connectivity index (χ0) is 21.6. The molecule has 5 heteroatoms. The summed E-state index contributed by atoms with van der Waals surface area (Å²) in [5, 5.41) is 0.590. The first-order chi connectivity index (χ1) is 15.1. The van der Waals surface area contributed by atoms with Crippen LogP contribution in [-0.2, 0) is 0 Å². The predicted octanol–water partition coefficient (Wildman–Crippen LogP) is 7.08. The fourth-order valence-corrected chi connectivity index (χ4v) is 3.37. The number of halogens is 1. The molecule has 4 aromatic rings. The molecule has 0 bridgehead atoms. The van der Waals surface area contributed by atoms with E-state index in [0.717, 1.165) is 24.2 Å². The molecular formula is C26H22ClNO3. The van der Waals surface area contributed by atoms with Crippen LogP contribution in [0.3, 0.4) is 0 Å². The first-order valence-electron chi connectivity index (χ1n) is 10.2. The Hall–Kier alpha value is -3.37. The van der Waals surface area contributed by atoms with Gasteiger partial charge in [-0.1, -0.05) is 49.2 Å². The lowest BCUT2D eigenvalue weighted by Crippen LogP contribution is -2.04. The van der Waals surface area contributed by atoms with Crippen LogP contribution >= 0.6 is 11.6 Å². The summed E-state index contributed by atoms with van der Waals surface area (Å²) >= 11 is 6.14. The Balaban J connectivity index is 1.70. The molecule has 0 fully saturated rings. The van der Waals surface area contributed by atoms with Crippen LogP contribution in [0.2, 0.25) is 5.02 Å². The number of ketones is 1. The van der Waals surface area contributed by atoms with Crippen molar-refractivity contribution in [2.75, 3.05) is 6.61 Å². The van der Waals surface area contributed by atoms with Crippen molar-refractivity contribution in [3.05, 3.63) is 94.8 Å². The highest BCUT2D eigenvalue weighted by Gasteiger charge is 2.20. The Labute approximate surface area is 186 Å². The van der Waals surface area contributed by atoms with Gasteiger partial charge in [0.1, 0.15) is 11.3 Å². The van der Waals surface area contributed by atoms with E-state index in [1.165, 1.54) is 0 Å². The summed E-state index contributed by atoms with van der Waals surface area (Å²) < 4.78 is 11.6. The van der Waals surface area contributed by atoms with Gasteiger partial charge < -0.3 is 9.15 Å². The molecule has 0 amide bonds. The Morgan fingerprint density at radius 2 is 1.87 bits per heavy atom. The van der Waals surface area contributed by atoms with Crippen LogP contribution in [0.25, 0.3) is 22.7 Å². The molecule has 0 aliphatic heterocycles. The number of aromatic nitrogens is 1. The van der Waals surface area contributed by atoms with Crippen molar-refractivity contribution in [2.45, 2.75) is 19.8 Å². The molecule has 4 rings (SSSR count). The Bertz CT molecular complexity index is 1190. The number of ether oxygens (including phenoxy) is 1. The number of para-hydroxylation sites is 2. The largest absolute Gasteiger partial charge is 0.494 e. The molecule has 0 saturated carbocycles. The van der Waals surface area contributed by atoms with Crippen LogP contribution in [0.15, 0.2) is 77.2 Å². The average molecular weight is 432 g/mol. The van der Waals surface area contributed by atoms with Gasteiger partial charge in [0.05, 0.1) is 12.2 Å². The minimum absolute atomic E-state index is 0.188. The number of oxazole rings is 1. The van der Waals surface area contributed by atoms with Crippen LogP contribution < -0.4 is 4.74 Å². The van der Waals surface area contributed by atoms with Gasteiger partial charge in [-0.25, -0.2) is 4.98 Å². The Morgan fingerprint density at radius 3 is 2.61 bits per heavy atom.